The highest BCUT2D eigenvalue weighted by molar-refractivity contribution is 6.21. The van der Waals surface area contributed by atoms with Crippen LogP contribution in [0.1, 0.15) is 16.5 Å². The Bertz CT molecular complexity index is 662. The van der Waals surface area contributed by atoms with Crippen LogP contribution >= 0.6 is 11.6 Å². The predicted molar refractivity (Wildman–Crippen MR) is 65.6 cm³/mol. The van der Waals surface area contributed by atoms with Crippen molar-refractivity contribution in [1.29, 1.82) is 0 Å². The number of halogens is 15. The van der Waals surface area contributed by atoms with Gasteiger partial charge in [-0.05, 0) is 17.7 Å². The lowest BCUT2D eigenvalue weighted by molar-refractivity contribution is -0.449. The van der Waals surface area contributed by atoms with Gasteiger partial charge in [0.25, 0.3) is 5.41 Å². The van der Waals surface area contributed by atoms with Crippen molar-refractivity contribution in [1.82, 2.24) is 0 Å². The minimum Gasteiger partial charge on any atom is -0.195 e. The van der Waals surface area contributed by atoms with Crippen LogP contribution in [0, 0.1) is 5.41 Å². The number of alkyl halides is 15. The van der Waals surface area contributed by atoms with Crippen molar-refractivity contribution in [2.24, 2.45) is 5.41 Å². The predicted octanol–water partition coefficient (Wildman–Crippen LogP) is 7.29. The van der Waals surface area contributed by atoms with Crippen LogP contribution in [0.2, 0.25) is 0 Å². The molecule has 15 heteroatoms. The highest BCUT2D eigenvalue weighted by Gasteiger charge is 2.91. The van der Waals surface area contributed by atoms with Crippen LogP contribution in [0.5, 0.6) is 0 Å². The summed E-state index contributed by atoms with van der Waals surface area (Å²) >= 11 is 4.85. The summed E-state index contributed by atoms with van der Waals surface area (Å²) in [5.41, 5.74) is -10.2. The normalized spacial score (nSPS) is 16.2. The van der Waals surface area contributed by atoms with E-state index in [0.717, 1.165) is 0 Å². The lowest BCUT2D eigenvalue weighted by Gasteiger charge is -2.45. The summed E-state index contributed by atoms with van der Waals surface area (Å²) in [4.78, 5) is 0. The molecule has 162 valence electrons. The zero-order valence-electron chi connectivity index (χ0n) is 12.6. The van der Waals surface area contributed by atoms with Crippen molar-refractivity contribution in [2.45, 2.75) is 36.0 Å². The molecule has 0 saturated carbocycles. The van der Waals surface area contributed by atoms with E-state index in [9.17, 15) is 61.5 Å². The van der Waals surface area contributed by atoms with Crippen molar-refractivity contribution >= 4 is 11.6 Å². The van der Waals surface area contributed by atoms with E-state index in [-0.39, 0.29) is 24.3 Å². The Hall–Kier alpha value is -1.47. The molecule has 28 heavy (non-hydrogen) atoms. The molecule has 0 aliphatic carbocycles. The van der Waals surface area contributed by atoms with E-state index < -0.39 is 52.5 Å². The Morgan fingerprint density at radius 1 is 0.571 bits per heavy atom. The number of benzene rings is 1. The van der Waals surface area contributed by atoms with Gasteiger partial charge in [-0.1, -0.05) is 12.1 Å². The molecule has 0 aliphatic heterocycles. The van der Waals surface area contributed by atoms with Crippen LogP contribution < -0.4 is 0 Å². The molecular weight excluding hydrogens is 458 g/mol. The van der Waals surface area contributed by atoms with Crippen LogP contribution in [0.15, 0.2) is 24.3 Å². The maximum absolute atomic E-state index is 13.6. The minimum absolute atomic E-state index is 0.117. The molecule has 0 radical (unpaired) electrons. The molecule has 0 fully saturated rings. The average molecular weight is 463 g/mol. The van der Waals surface area contributed by atoms with Gasteiger partial charge < -0.3 is 0 Å². The molecule has 1 aromatic rings. The molecule has 0 N–H and O–H groups in total. The Balaban J connectivity index is 3.83. The van der Waals surface area contributed by atoms with Gasteiger partial charge >= 0.3 is 30.6 Å². The van der Waals surface area contributed by atoms with E-state index in [2.05, 4.69) is 0 Å². The molecule has 0 aromatic heterocycles. The first kappa shape index (κ1) is 24.6. The molecule has 1 atom stereocenters. The van der Waals surface area contributed by atoms with E-state index in [1.165, 1.54) is 0 Å². The fourth-order valence-corrected chi connectivity index (χ4v) is 2.81. The van der Waals surface area contributed by atoms with Gasteiger partial charge in [-0.15, -0.1) is 11.6 Å². The van der Waals surface area contributed by atoms with Gasteiger partial charge in [-0.25, -0.2) is 0 Å². The zero-order valence-corrected chi connectivity index (χ0v) is 13.3. The first-order chi connectivity index (χ1) is 12.1. The highest BCUT2D eigenvalue weighted by atomic mass is 35.5. The van der Waals surface area contributed by atoms with Gasteiger partial charge in [-0.3, -0.25) is 0 Å². The van der Waals surface area contributed by atoms with Crippen molar-refractivity contribution in [3.05, 3.63) is 35.4 Å². The molecule has 0 saturated heterocycles. The monoisotopic (exact) mass is 462 g/mol. The quantitative estimate of drug-likeness (QED) is 0.327. The molecule has 0 aliphatic rings. The van der Waals surface area contributed by atoms with Gasteiger partial charge in [0.05, 0.1) is 10.9 Å². The largest absolute Gasteiger partial charge is 0.454 e. The van der Waals surface area contributed by atoms with E-state index in [1.54, 1.807) is 0 Å². The summed E-state index contributed by atoms with van der Waals surface area (Å²) in [6.45, 7) is 0. The maximum atomic E-state index is 13.6. The lowest BCUT2D eigenvalue weighted by atomic mass is 9.73. The standard InChI is InChI=1S/C13H5ClF14/c14-7(5-1-3-6(4-2-5)9(15,16)17)8(11(20,21)22,12(23,24)25)10(18,19)13(26,27)28/h1-4,7H. The van der Waals surface area contributed by atoms with Gasteiger partial charge in [0.15, 0.2) is 0 Å². The highest BCUT2D eigenvalue weighted by Crippen LogP contribution is 2.69. The van der Waals surface area contributed by atoms with E-state index in [1.807, 2.05) is 0 Å². The topological polar surface area (TPSA) is 0 Å². The van der Waals surface area contributed by atoms with Crippen molar-refractivity contribution in [3.8, 4) is 0 Å². The van der Waals surface area contributed by atoms with E-state index in [0.29, 0.717) is 0 Å². The number of hydrogen-bond acceptors (Lipinski definition) is 0. The summed E-state index contributed by atoms with van der Waals surface area (Å²) in [5, 5.41) is -4.17. The average Bonchev–Trinajstić information content (AvgIpc) is 2.42. The van der Waals surface area contributed by atoms with Gasteiger partial charge in [0.1, 0.15) is 0 Å². The zero-order chi connectivity index (χ0) is 22.6. The van der Waals surface area contributed by atoms with Gasteiger partial charge in [-0.2, -0.15) is 61.5 Å². The lowest BCUT2D eigenvalue weighted by Crippen LogP contribution is -2.68. The van der Waals surface area contributed by atoms with Crippen molar-refractivity contribution in [3.63, 3.8) is 0 Å². The molecule has 0 amide bonds. The fraction of sp³-hybridized carbons (Fsp3) is 0.538. The second-order valence-corrected chi connectivity index (χ2v) is 5.79. The second kappa shape index (κ2) is 6.80. The maximum Gasteiger partial charge on any atom is 0.454 e. The third-order valence-electron chi connectivity index (χ3n) is 3.66. The van der Waals surface area contributed by atoms with Crippen LogP contribution in [0.25, 0.3) is 0 Å². The summed E-state index contributed by atoms with van der Waals surface area (Å²) < 4.78 is 181. The first-order valence-corrected chi connectivity index (χ1v) is 6.95. The van der Waals surface area contributed by atoms with Crippen LogP contribution in [0.4, 0.5) is 61.5 Å². The molecule has 0 spiro atoms. The SMILES string of the molecule is FC(F)(F)c1ccc(C(Cl)C(C(F)(F)F)(C(F)(F)F)C(F)(F)C(F)(F)F)cc1. The Morgan fingerprint density at radius 2 is 0.929 bits per heavy atom. The Kier molecular flexibility index (Phi) is 5.97. The fourth-order valence-electron chi connectivity index (χ4n) is 2.28. The second-order valence-electron chi connectivity index (χ2n) is 5.36. The Morgan fingerprint density at radius 3 is 1.18 bits per heavy atom. The van der Waals surface area contributed by atoms with Crippen LogP contribution in [-0.4, -0.2) is 24.5 Å². The molecule has 0 heterocycles. The third kappa shape index (κ3) is 3.71. The molecule has 0 bridgehead atoms. The number of hydrogen-bond donors (Lipinski definition) is 0. The van der Waals surface area contributed by atoms with E-state index in [4.69, 9.17) is 11.6 Å². The smallest absolute Gasteiger partial charge is 0.195 e. The summed E-state index contributed by atoms with van der Waals surface area (Å²) in [6, 6.07) is -0.541. The van der Waals surface area contributed by atoms with Crippen molar-refractivity contribution < 1.29 is 61.5 Å². The van der Waals surface area contributed by atoms with Gasteiger partial charge in [0.2, 0.25) is 0 Å². The summed E-state index contributed by atoms with van der Waals surface area (Å²) in [6.07, 6.45) is -27.1. The van der Waals surface area contributed by atoms with Crippen molar-refractivity contribution in [2.75, 3.05) is 0 Å². The third-order valence-corrected chi connectivity index (χ3v) is 4.24. The molecule has 0 nitrogen and oxygen atoms in total. The first-order valence-electron chi connectivity index (χ1n) is 6.51. The minimum atomic E-state index is -7.48. The van der Waals surface area contributed by atoms with Crippen LogP contribution in [-0.2, 0) is 6.18 Å². The summed E-state index contributed by atoms with van der Waals surface area (Å²) in [5.74, 6) is -7.48. The molecular formula is C13H5ClF14. The summed E-state index contributed by atoms with van der Waals surface area (Å²) in [7, 11) is 0. The molecule has 1 unspecified atom stereocenters. The molecule has 1 rings (SSSR count). The Labute approximate surface area is 151 Å². The van der Waals surface area contributed by atoms with Gasteiger partial charge in [0, 0.05) is 0 Å². The molecule has 1 aromatic carbocycles. The van der Waals surface area contributed by atoms with E-state index >= 15 is 0 Å². The van der Waals surface area contributed by atoms with Crippen LogP contribution in [0.3, 0.4) is 0 Å². The number of rotatable bonds is 3.